The summed E-state index contributed by atoms with van der Waals surface area (Å²) in [7, 11) is 0. The molecule has 3 heterocycles. The molecule has 0 bridgehead atoms. The fourth-order valence-electron chi connectivity index (χ4n) is 3.01. The van der Waals surface area contributed by atoms with Crippen LogP contribution in [0.25, 0.3) is 11.3 Å². The van der Waals surface area contributed by atoms with Crippen molar-refractivity contribution in [1.29, 1.82) is 0 Å². The number of hydrogen-bond acceptors (Lipinski definition) is 4. The Labute approximate surface area is 134 Å². The largest absolute Gasteiger partial charge is 0.490 e. The molecule has 0 N–H and O–H groups in total. The predicted molar refractivity (Wildman–Crippen MR) is 81.7 cm³/mol. The normalized spacial score (nSPS) is 20.5. The quantitative estimate of drug-likeness (QED) is 0.869. The van der Waals surface area contributed by atoms with Crippen LogP contribution in [0.5, 0.6) is 5.75 Å². The van der Waals surface area contributed by atoms with Crippen LogP contribution in [-0.4, -0.2) is 35.5 Å². The van der Waals surface area contributed by atoms with Gasteiger partial charge in [-0.15, -0.1) is 0 Å². The minimum absolute atomic E-state index is 0.122. The van der Waals surface area contributed by atoms with Gasteiger partial charge in [-0.3, -0.25) is 0 Å². The van der Waals surface area contributed by atoms with Crippen molar-refractivity contribution >= 4 is 0 Å². The van der Waals surface area contributed by atoms with Crippen molar-refractivity contribution in [2.75, 3.05) is 19.8 Å². The highest BCUT2D eigenvalue weighted by Gasteiger charge is 2.19. The number of benzene rings is 1. The van der Waals surface area contributed by atoms with Gasteiger partial charge in [0.1, 0.15) is 30.6 Å². The Morgan fingerprint density at radius 1 is 1.35 bits per heavy atom. The smallest absolute Gasteiger partial charge is 0.135 e. The number of rotatable bonds is 4. The zero-order valence-corrected chi connectivity index (χ0v) is 12.8. The molecule has 23 heavy (non-hydrogen) atoms. The average Bonchev–Trinajstić information content (AvgIpc) is 3.22. The summed E-state index contributed by atoms with van der Waals surface area (Å²) in [6.45, 7) is 3.20. The first kappa shape index (κ1) is 14.7. The fourth-order valence-corrected chi connectivity index (χ4v) is 3.01. The maximum absolute atomic E-state index is 13.7. The average molecular weight is 318 g/mol. The van der Waals surface area contributed by atoms with Crippen molar-refractivity contribution < 1.29 is 18.6 Å². The highest BCUT2D eigenvalue weighted by Crippen LogP contribution is 2.31. The topological polar surface area (TPSA) is 45.5 Å². The molecule has 1 aromatic heterocycles. The lowest BCUT2D eigenvalue weighted by atomic mass is 10.1. The first-order valence-corrected chi connectivity index (χ1v) is 7.98. The van der Waals surface area contributed by atoms with Gasteiger partial charge >= 0.3 is 0 Å². The van der Waals surface area contributed by atoms with Crippen LogP contribution in [0.4, 0.5) is 4.39 Å². The van der Waals surface area contributed by atoms with E-state index in [1.807, 2.05) is 10.8 Å². The molecule has 5 nitrogen and oxygen atoms in total. The lowest BCUT2D eigenvalue weighted by Gasteiger charge is -2.14. The Morgan fingerprint density at radius 3 is 3.13 bits per heavy atom. The van der Waals surface area contributed by atoms with Gasteiger partial charge in [0.05, 0.1) is 18.4 Å². The molecule has 2 aromatic rings. The summed E-state index contributed by atoms with van der Waals surface area (Å²) >= 11 is 0. The van der Waals surface area contributed by atoms with Gasteiger partial charge in [0.25, 0.3) is 0 Å². The molecule has 1 aromatic carbocycles. The van der Waals surface area contributed by atoms with Crippen molar-refractivity contribution in [3.05, 3.63) is 36.0 Å². The third kappa shape index (κ3) is 3.09. The predicted octanol–water partition coefficient (Wildman–Crippen LogP) is 2.78. The molecule has 1 unspecified atom stereocenters. The van der Waals surface area contributed by atoms with E-state index in [1.54, 1.807) is 6.07 Å². The van der Waals surface area contributed by atoms with Crippen LogP contribution in [0.3, 0.4) is 0 Å². The third-order valence-corrected chi connectivity index (χ3v) is 4.23. The molecule has 1 saturated heterocycles. The van der Waals surface area contributed by atoms with E-state index in [1.165, 1.54) is 12.1 Å². The second-order valence-electron chi connectivity index (χ2n) is 5.87. The number of hydrogen-bond donors (Lipinski definition) is 0. The van der Waals surface area contributed by atoms with E-state index in [0.717, 1.165) is 31.8 Å². The van der Waals surface area contributed by atoms with Gasteiger partial charge in [-0.05, 0) is 31.0 Å². The Morgan fingerprint density at radius 2 is 2.30 bits per heavy atom. The molecule has 0 saturated carbocycles. The monoisotopic (exact) mass is 318 g/mol. The van der Waals surface area contributed by atoms with Gasteiger partial charge in [0.2, 0.25) is 0 Å². The second-order valence-corrected chi connectivity index (χ2v) is 5.87. The molecule has 122 valence electrons. The Hall–Kier alpha value is -1.92. The Balaban J connectivity index is 1.60. The first-order valence-electron chi connectivity index (χ1n) is 7.98. The van der Waals surface area contributed by atoms with Crippen molar-refractivity contribution in [2.45, 2.75) is 32.1 Å². The van der Waals surface area contributed by atoms with E-state index in [-0.39, 0.29) is 11.9 Å². The van der Waals surface area contributed by atoms with Gasteiger partial charge < -0.3 is 18.8 Å². The van der Waals surface area contributed by atoms with E-state index < -0.39 is 0 Å². The lowest BCUT2D eigenvalue weighted by Crippen LogP contribution is -2.16. The highest BCUT2D eigenvalue weighted by atomic mass is 19.1. The molecule has 2 aliphatic heterocycles. The van der Waals surface area contributed by atoms with Crippen molar-refractivity contribution in [1.82, 2.24) is 9.55 Å². The van der Waals surface area contributed by atoms with E-state index in [4.69, 9.17) is 14.2 Å². The molecule has 1 fully saturated rings. The maximum atomic E-state index is 13.7. The molecule has 6 heteroatoms. The molecule has 2 aliphatic rings. The second kappa shape index (κ2) is 6.29. The molecule has 0 amide bonds. The third-order valence-electron chi connectivity index (χ3n) is 4.23. The molecular formula is C17H19FN2O3. The standard InChI is InChI=1S/C17H19FN2O3/c18-12-3-4-16(23-10-13-2-1-6-22-13)14(8-12)15-9-20-5-7-21-11-17(20)19-15/h3-4,8-9,13H,1-2,5-7,10-11H2. The van der Waals surface area contributed by atoms with Gasteiger partial charge in [-0.25, -0.2) is 9.37 Å². The fraction of sp³-hybridized carbons (Fsp3) is 0.471. The number of aromatic nitrogens is 2. The van der Waals surface area contributed by atoms with Gasteiger partial charge in [0, 0.05) is 24.9 Å². The molecular weight excluding hydrogens is 299 g/mol. The minimum atomic E-state index is -0.299. The summed E-state index contributed by atoms with van der Waals surface area (Å²) in [5.74, 6) is 1.20. The van der Waals surface area contributed by atoms with Crippen LogP contribution in [0, 0.1) is 5.82 Å². The van der Waals surface area contributed by atoms with Crippen LogP contribution in [0.1, 0.15) is 18.7 Å². The van der Waals surface area contributed by atoms with Crippen molar-refractivity contribution in [2.24, 2.45) is 0 Å². The Kier molecular flexibility index (Phi) is 4.01. The molecule has 0 aliphatic carbocycles. The molecule has 0 radical (unpaired) electrons. The van der Waals surface area contributed by atoms with Gasteiger partial charge in [-0.2, -0.15) is 0 Å². The number of nitrogens with zero attached hydrogens (tertiary/aromatic N) is 2. The Bertz CT molecular complexity index is 672. The van der Waals surface area contributed by atoms with Crippen LogP contribution in [-0.2, 0) is 22.6 Å². The number of imidazole rings is 1. The molecule has 4 rings (SSSR count). The van der Waals surface area contributed by atoms with E-state index in [9.17, 15) is 4.39 Å². The van der Waals surface area contributed by atoms with Gasteiger partial charge in [0.15, 0.2) is 0 Å². The zero-order chi connectivity index (χ0) is 15.6. The van der Waals surface area contributed by atoms with Crippen molar-refractivity contribution in [3.63, 3.8) is 0 Å². The summed E-state index contributed by atoms with van der Waals surface area (Å²) in [6, 6.07) is 4.54. The maximum Gasteiger partial charge on any atom is 0.135 e. The number of ether oxygens (including phenoxy) is 3. The SMILES string of the molecule is Fc1ccc(OCC2CCCO2)c(-c2cn3c(n2)COCC3)c1. The summed E-state index contributed by atoms with van der Waals surface area (Å²) in [6.07, 6.45) is 4.13. The minimum Gasteiger partial charge on any atom is -0.490 e. The van der Waals surface area contributed by atoms with Crippen LogP contribution >= 0.6 is 0 Å². The summed E-state index contributed by atoms with van der Waals surface area (Å²) < 4.78 is 32.6. The summed E-state index contributed by atoms with van der Waals surface area (Å²) in [4.78, 5) is 4.56. The van der Waals surface area contributed by atoms with E-state index in [2.05, 4.69) is 4.98 Å². The lowest BCUT2D eigenvalue weighted by molar-refractivity contribution is 0.0681. The molecule has 1 atom stereocenters. The summed E-state index contributed by atoms with van der Waals surface area (Å²) in [5.41, 5.74) is 1.39. The van der Waals surface area contributed by atoms with E-state index in [0.29, 0.717) is 36.8 Å². The highest BCUT2D eigenvalue weighted by molar-refractivity contribution is 5.67. The van der Waals surface area contributed by atoms with Crippen molar-refractivity contribution in [3.8, 4) is 17.0 Å². The molecule has 0 spiro atoms. The first-order chi connectivity index (χ1) is 11.3. The number of halogens is 1. The van der Waals surface area contributed by atoms with Gasteiger partial charge in [-0.1, -0.05) is 0 Å². The van der Waals surface area contributed by atoms with Crippen LogP contribution in [0.15, 0.2) is 24.4 Å². The summed E-state index contributed by atoms with van der Waals surface area (Å²) in [5, 5.41) is 0. The van der Waals surface area contributed by atoms with Crippen LogP contribution < -0.4 is 4.74 Å². The van der Waals surface area contributed by atoms with Crippen LogP contribution in [0.2, 0.25) is 0 Å². The van der Waals surface area contributed by atoms with E-state index >= 15 is 0 Å². The number of fused-ring (bicyclic) bond motifs is 1. The zero-order valence-electron chi connectivity index (χ0n) is 12.8.